The summed E-state index contributed by atoms with van der Waals surface area (Å²) in [5.41, 5.74) is 9.39. The van der Waals surface area contributed by atoms with Crippen molar-refractivity contribution >= 4 is 17.4 Å². The van der Waals surface area contributed by atoms with Gasteiger partial charge in [-0.1, -0.05) is 109 Å². The molecular formula is C30H24O. The predicted molar refractivity (Wildman–Crippen MR) is 128 cm³/mol. The zero-order valence-electron chi connectivity index (χ0n) is 17.4. The molecular weight excluding hydrogens is 376 g/mol. The van der Waals surface area contributed by atoms with E-state index >= 15 is 0 Å². The number of carbonyl (C=O) groups is 1. The molecule has 0 bridgehead atoms. The minimum absolute atomic E-state index is 0.178. The van der Waals surface area contributed by atoms with Gasteiger partial charge in [-0.15, -0.1) is 0 Å². The maximum atomic E-state index is 13.2. The number of allylic oxidation sites excluding steroid dienone is 1. The molecule has 0 aliphatic heterocycles. The number of fused-ring (bicyclic) bond motifs is 1. The van der Waals surface area contributed by atoms with Crippen molar-refractivity contribution < 1.29 is 4.79 Å². The average molecular weight is 401 g/mol. The van der Waals surface area contributed by atoms with Gasteiger partial charge in [0.05, 0.1) is 0 Å². The van der Waals surface area contributed by atoms with Crippen molar-refractivity contribution in [3.63, 3.8) is 0 Å². The van der Waals surface area contributed by atoms with Gasteiger partial charge in [0, 0.05) is 12.0 Å². The van der Waals surface area contributed by atoms with Gasteiger partial charge in [-0.05, 0) is 51.8 Å². The SMILES string of the molecule is O=C(Cc1ccc2c(c1)C=C(c1ccccc1)C2)c1ccccc1Cc1ccccc1. The van der Waals surface area contributed by atoms with E-state index in [9.17, 15) is 4.79 Å². The fourth-order valence-corrected chi connectivity index (χ4v) is 4.37. The Kier molecular flexibility index (Phi) is 5.33. The number of rotatable bonds is 6. The first-order valence-corrected chi connectivity index (χ1v) is 10.8. The van der Waals surface area contributed by atoms with Crippen LogP contribution < -0.4 is 0 Å². The number of hydrogen-bond acceptors (Lipinski definition) is 1. The first kappa shape index (κ1) is 19.3. The summed E-state index contributed by atoms with van der Waals surface area (Å²) in [7, 11) is 0. The Morgan fingerprint density at radius 3 is 2.23 bits per heavy atom. The first-order valence-electron chi connectivity index (χ1n) is 10.8. The largest absolute Gasteiger partial charge is 0.294 e. The van der Waals surface area contributed by atoms with Crippen LogP contribution in [0.1, 0.15) is 43.7 Å². The maximum absolute atomic E-state index is 13.2. The quantitative estimate of drug-likeness (QED) is 0.325. The van der Waals surface area contributed by atoms with E-state index in [0.717, 1.165) is 29.5 Å². The summed E-state index contributed by atoms with van der Waals surface area (Å²) < 4.78 is 0. The standard InChI is InChI=1S/C30H24O/c31-30(29-14-8-7-13-26(29)17-22-9-3-1-4-10-22)19-23-15-16-25-20-28(21-27(25)18-23)24-11-5-2-6-12-24/h1-16,18,21H,17,19-20H2. The van der Waals surface area contributed by atoms with E-state index in [-0.39, 0.29) is 5.78 Å². The molecule has 0 heterocycles. The zero-order chi connectivity index (χ0) is 21.0. The minimum atomic E-state index is 0.178. The molecule has 0 saturated carbocycles. The van der Waals surface area contributed by atoms with Crippen molar-refractivity contribution in [1.29, 1.82) is 0 Å². The van der Waals surface area contributed by atoms with Crippen LogP contribution in [0.25, 0.3) is 11.6 Å². The molecule has 0 fully saturated rings. The molecule has 4 aromatic rings. The molecule has 0 radical (unpaired) electrons. The lowest BCUT2D eigenvalue weighted by atomic mass is 9.94. The van der Waals surface area contributed by atoms with Crippen LogP contribution in [0.2, 0.25) is 0 Å². The molecule has 1 aliphatic rings. The van der Waals surface area contributed by atoms with Gasteiger partial charge in [0.25, 0.3) is 0 Å². The molecule has 0 unspecified atom stereocenters. The van der Waals surface area contributed by atoms with Crippen LogP contribution in [0, 0.1) is 0 Å². The molecule has 150 valence electrons. The van der Waals surface area contributed by atoms with Crippen LogP contribution in [0.15, 0.2) is 103 Å². The lowest BCUT2D eigenvalue weighted by molar-refractivity contribution is 0.0992. The second-order valence-corrected chi connectivity index (χ2v) is 8.17. The van der Waals surface area contributed by atoms with Gasteiger partial charge >= 0.3 is 0 Å². The van der Waals surface area contributed by atoms with Gasteiger partial charge in [-0.25, -0.2) is 0 Å². The fourth-order valence-electron chi connectivity index (χ4n) is 4.37. The van der Waals surface area contributed by atoms with Gasteiger partial charge in [-0.3, -0.25) is 4.79 Å². The van der Waals surface area contributed by atoms with E-state index in [1.807, 2.05) is 42.5 Å². The lowest BCUT2D eigenvalue weighted by Crippen LogP contribution is -2.08. The smallest absolute Gasteiger partial charge is 0.167 e. The summed E-state index contributed by atoms with van der Waals surface area (Å²) in [6, 6.07) is 35.3. The maximum Gasteiger partial charge on any atom is 0.167 e. The third-order valence-electron chi connectivity index (χ3n) is 5.99. The molecule has 5 rings (SSSR count). The number of benzene rings is 4. The Morgan fingerprint density at radius 2 is 1.42 bits per heavy atom. The molecule has 1 aliphatic carbocycles. The van der Waals surface area contributed by atoms with Gasteiger partial charge in [-0.2, -0.15) is 0 Å². The third-order valence-corrected chi connectivity index (χ3v) is 5.99. The Balaban J connectivity index is 1.36. The van der Waals surface area contributed by atoms with E-state index in [1.165, 1.54) is 27.8 Å². The number of Topliss-reactive ketones (excluding diaryl/α,β-unsaturated/α-hetero) is 1. The van der Waals surface area contributed by atoms with Crippen LogP contribution in [-0.4, -0.2) is 5.78 Å². The average Bonchev–Trinajstić information content (AvgIpc) is 3.24. The molecule has 0 atom stereocenters. The summed E-state index contributed by atoms with van der Waals surface area (Å²) in [4.78, 5) is 13.2. The fraction of sp³-hybridized carbons (Fsp3) is 0.100. The predicted octanol–water partition coefficient (Wildman–Crippen LogP) is 6.80. The summed E-state index contributed by atoms with van der Waals surface area (Å²) in [5, 5.41) is 0. The zero-order valence-corrected chi connectivity index (χ0v) is 17.4. The van der Waals surface area contributed by atoms with Crippen molar-refractivity contribution in [1.82, 2.24) is 0 Å². The molecule has 0 amide bonds. The van der Waals surface area contributed by atoms with Gasteiger partial charge in [0.15, 0.2) is 5.78 Å². The summed E-state index contributed by atoms with van der Waals surface area (Å²) in [5.74, 6) is 0.178. The second kappa shape index (κ2) is 8.57. The van der Waals surface area contributed by atoms with E-state index in [2.05, 4.69) is 66.7 Å². The molecule has 0 N–H and O–H groups in total. The van der Waals surface area contributed by atoms with Crippen LogP contribution in [-0.2, 0) is 19.3 Å². The van der Waals surface area contributed by atoms with E-state index in [1.54, 1.807) is 0 Å². The van der Waals surface area contributed by atoms with Crippen LogP contribution in [0.5, 0.6) is 0 Å². The Labute approximate surface area is 183 Å². The molecule has 31 heavy (non-hydrogen) atoms. The first-order chi connectivity index (χ1) is 15.3. The second-order valence-electron chi connectivity index (χ2n) is 8.17. The summed E-state index contributed by atoms with van der Waals surface area (Å²) in [6.07, 6.45) is 4.42. The van der Waals surface area contributed by atoms with Crippen LogP contribution >= 0.6 is 0 Å². The Hall–Kier alpha value is -3.71. The third kappa shape index (κ3) is 4.27. The molecule has 0 spiro atoms. The summed E-state index contributed by atoms with van der Waals surface area (Å²) in [6.45, 7) is 0. The lowest BCUT2D eigenvalue weighted by Gasteiger charge is -2.10. The normalized spacial score (nSPS) is 12.3. The molecule has 4 aromatic carbocycles. The van der Waals surface area contributed by atoms with Crippen molar-refractivity contribution in [2.75, 3.05) is 0 Å². The highest BCUT2D eigenvalue weighted by atomic mass is 16.1. The van der Waals surface area contributed by atoms with Crippen molar-refractivity contribution in [3.05, 3.63) is 142 Å². The topological polar surface area (TPSA) is 17.1 Å². The van der Waals surface area contributed by atoms with E-state index in [4.69, 9.17) is 0 Å². The molecule has 1 nitrogen and oxygen atoms in total. The molecule has 1 heteroatoms. The highest BCUT2D eigenvalue weighted by molar-refractivity contribution is 5.99. The molecule has 0 saturated heterocycles. The van der Waals surface area contributed by atoms with Gasteiger partial charge in [0.1, 0.15) is 0 Å². The highest BCUT2D eigenvalue weighted by Gasteiger charge is 2.17. The van der Waals surface area contributed by atoms with Crippen molar-refractivity contribution in [3.8, 4) is 0 Å². The monoisotopic (exact) mass is 400 g/mol. The number of ketones is 1. The highest BCUT2D eigenvalue weighted by Crippen LogP contribution is 2.32. The minimum Gasteiger partial charge on any atom is -0.294 e. The van der Waals surface area contributed by atoms with Gasteiger partial charge < -0.3 is 0 Å². The van der Waals surface area contributed by atoms with Crippen LogP contribution in [0.4, 0.5) is 0 Å². The Morgan fingerprint density at radius 1 is 0.710 bits per heavy atom. The van der Waals surface area contributed by atoms with Crippen molar-refractivity contribution in [2.24, 2.45) is 0 Å². The summed E-state index contributed by atoms with van der Waals surface area (Å²) >= 11 is 0. The Bertz CT molecular complexity index is 1250. The van der Waals surface area contributed by atoms with E-state index < -0.39 is 0 Å². The molecule has 0 aromatic heterocycles. The number of carbonyl (C=O) groups excluding carboxylic acids is 1. The van der Waals surface area contributed by atoms with E-state index in [0.29, 0.717) is 6.42 Å². The van der Waals surface area contributed by atoms with Gasteiger partial charge in [0.2, 0.25) is 0 Å². The number of hydrogen-bond donors (Lipinski definition) is 0. The van der Waals surface area contributed by atoms with Crippen molar-refractivity contribution in [2.45, 2.75) is 19.3 Å². The van der Waals surface area contributed by atoms with Crippen LogP contribution in [0.3, 0.4) is 0 Å².